The van der Waals surface area contributed by atoms with Crippen molar-refractivity contribution in [3.63, 3.8) is 0 Å². The van der Waals surface area contributed by atoms with Crippen LogP contribution in [-0.2, 0) is 11.3 Å². The van der Waals surface area contributed by atoms with Gasteiger partial charge in [-0.05, 0) is 45.0 Å². The van der Waals surface area contributed by atoms with Gasteiger partial charge in [0.2, 0.25) is 0 Å². The van der Waals surface area contributed by atoms with Crippen molar-refractivity contribution >= 4 is 22.7 Å². The summed E-state index contributed by atoms with van der Waals surface area (Å²) in [5, 5.41) is 3.85. The van der Waals surface area contributed by atoms with E-state index >= 15 is 0 Å². The maximum Gasteiger partial charge on any atom is 0.407 e. The normalized spacial score (nSPS) is 11.6. The summed E-state index contributed by atoms with van der Waals surface area (Å²) in [5.74, 6) is 0. The van der Waals surface area contributed by atoms with Gasteiger partial charge in [0, 0.05) is 35.9 Å². The van der Waals surface area contributed by atoms with Crippen LogP contribution in [0.2, 0.25) is 0 Å². The van der Waals surface area contributed by atoms with E-state index in [1.807, 2.05) is 51.2 Å². The maximum atomic E-state index is 11.5. The highest BCUT2D eigenvalue weighted by molar-refractivity contribution is 5.83. The Morgan fingerprint density at radius 3 is 2.80 bits per heavy atom. The second-order valence-electron chi connectivity index (χ2n) is 5.76. The molecule has 0 unspecified atom stereocenters. The summed E-state index contributed by atoms with van der Waals surface area (Å²) >= 11 is 0. The molecule has 0 aliphatic heterocycles. The van der Waals surface area contributed by atoms with Gasteiger partial charge in [-0.15, -0.1) is 0 Å². The lowest BCUT2D eigenvalue weighted by Crippen LogP contribution is -2.34. The Kier molecular flexibility index (Phi) is 3.88. The van der Waals surface area contributed by atoms with Crippen molar-refractivity contribution in [1.82, 2.24) is 9.88 Å². The predicted octanol–water partition coefficient (Wildman–Crippen LogP) is 2.75. The number of nitrogens with two attached hydrogens (primary N) is 1. The van der Waals surface area contributed by atoms with Crippen LogP contribution in [0, 0.1) is 0 Å². The van der Waals surface area contributed by atoms with E-state index in [2.05, 4.69) is 9.88 Å². The third-order valence-electron chi connectivity index (χ3n) is 2.82. The van der Waals surface area contributed by atoms with Crippen LogP contribution in [0.3, 0.4) is 0 Å². The first kappa shape index (κ1) is 14.2. The minimum Gasteiger partial charge on any atom is -0.444 e. The highest BCUT2D eigenvalue weighted by Crippen LogP contribution is 2.18. The van der Waals surface area contributed by atoms with Gasteiger partial charge >= 0.3 is 6.09 Å². The Bertz CT molecular complexity index is 611. The van der Waals surface area contributed by atoms with Crippen LogP contribution in [0.15, 0.2) is 30.5 Å². The molecule has 1 aromatic heterocycles. The van der Waals surface area contributed by atoms with E-state index in [0.717, 1.165) is 16.6 Å². The van der Waals surface area contributed by atoms with Crippen molar-refractivity contribution in [2.75, 3.05) is 12.3 Å². The van der Waals surface area contributed by atoms with Crippen LogP contribution >= 0.6 is 0 Å². The number of alkyl carbamates (subject to hydrolysis) is 1. The molecule has 1 amide bonds. The van der Waals surface area contributed by atoms with Crippen molar-refractivity contribution in [3.8, 4) is 0 Å². The second kappa shape index (κ2) is 5.45. The molecule has 2 aromatic rings. The molecule has 0 saturated heterocycles. The molecule has 5 heteroatoms. The number of benzene rings is 1. The molecule has 20 heavy (non-hydrogen) atoms. The molecule has 0 aliphatic carbocycles. The SMILES string of the molecule is CC(C)(C)OC(=O)NCCn1ccc2cc(N)ccc21. The Morgan fingerprint density at radius 2 is 2.10 bits per heavy atom. The highest BCUT2D eigenvalue weighted by Gasteiger charge is 2.15. The monoisotopic (exact) mass is 275 g/mol. The molecule has 0 aliphatic rings. The molecule has 108 valence electrons. The van der Waals surface area contributed by atoms with Gasteiger partial charge in [0.25, 0.3) is 0 Å². The zero-order valence-corrected chi connectivity index (χ0v) is 12.1. The van der Waals surface area contributed by atoms with Crippen molar-refractivity contribution in [1.29, 1.82) is 0 Å². The third kappa shape index (κ3) is 3.66. The first-order valence-electron chi connectivity index (χ1n) is 6.66. The minimum atomic E-state index is -0.470. The first-order valence-corrected chi connectivity index (χ1v) is 6.66. The molecule has 0 radical (unpaired) electrons. The van der Waals surface area contributed by atoms with Gasteiger partial charge in [0.05, 0.1) is 0 Å². The topological polar surface area (TPSA) is 69.3 Å². The Hall–Kier alpha value is -2.17. The summed E-state index contributed by atoms with van der Waals surface area (Å²) in [7, 11) is 0. The quantitative estimate of drug-likeness (QED) is 0.846. The number of fused-ring (bicyclic) bond motifs is 1. The van der Waals surface area contributed by atoms with Gasteiger partial charge in [0.1, 0.15) is 5.60 Å². The van der Waals surface area contributed by atoms with E-state index < -0.39 is 11.7 Å². The maximum absolute atomic E-state index is 11.5. The first-order chi connectivity index (χ1) is 9.35. The number of anilines is 1. The number of carbonyl (C=O) groups excluding carboxylic acids is 1. The molecule has 1 aromatic carbocycles. The van der Waals surface area contributed by atoms with Gasteiger partial charge in [-0.3, -0.25) is 0 Å². The third-order valence-corrected chi connectivity index (χ3v) is 2.82. The summed E-state index contributed by atoms with van der Waals surface area (Å²) in [4.78, 5) is 11.5. The number of hydrogen-bond acceptors (Lipinski definition) is 3. The highest BCUT2D eigenvalue weighted by atomic mass is 16.6. The Morgan fingerprint density at radius 1 is 1.35 bits per heavy atom. The number of amides is 1. The van der Waals surface area contributed by atoms with E-state index in [9.17, 15) is 4.79 Å². The zero-order chi connectivity index (χ0) is 14.8. The molecule has 0 atom stereocenters. The van der Waals surface area contributed by atoms with Crippen LogP contribution in [0.5, 0.6) is 0 Å². The van der Waals surface area contributed by atoms with Gasteiger partial charge in [-0.25, -0.2) is 4.79 Å². The van der Waals surface area contributed by atoms with Crippen molar-refractivity contribution in [2.45, 2.75) is 32.9 Å². The van der Waals surface area contributed by atoms with Gasteiger partial charge in [0.15, 0.2) is 0 Å². The molecule has 0 saturated carbocycles. The number of ether oxygens (including phenoxy) is 1. The summed E-state index contributed by atoms with van der Waals surface area (Å²) in [5.41, 5.74) is 7.13. The molecule has 3 N–H and O–H groups in total. The fourth-order valence-electron chi connectivity index (χ4n) is 2.01. The van der Waals surface area contributed by atoms with Crippen LogP contribution in [0.25, 0.3) is 10.9 Å². The zero-order valence-electron chi connectivity index (χ0n) is 12.1. The van der Waals surface area contributed by atoms with Crippen LogP contribution < -0.4 is 11.1 Å². The molecular weight excluding hydrogens is 254 g/mol. The summed E-state index contributed by atoms with van der Waals surface area (Å²) in [6, 6.07) is 7.81. The Labute approximate surface area is 118 Å². The predicted molar refractivity (Wildman–Crippen MR) is 80.6 cm³/mol. The lowest BCUT2D eigenvalue weighted by atomic mass is 10.2. The second-order valence-corrected chi connectivity index (χ2v) is 5.76. The van der Waals surface area contributed by atoms with E-state index in [-0.39, 0.29) is 0 Å². The minimum absolute atomic E-state index is 0.391. The number of nitrogens with zero attached hydrogens (tertiary/aromatic N) is 1. The number of aromatic nitrogens is 1. The summed E-state index contributed by atoms with van der Waals surface area (Å²) < 4.78 is 7.26. The van der Waals surface area contributed by atoms with Crippen molar-refractivity contribution < 1.29 is 9.53 Å². The van der Waals surface area contributed by atoms with Crippen LogP contribution in [0.4, 0.5) is 10.5 Å². The number of nitrogens with one attached hydrogen (secondary N) is 1. The lowest BCUT2D eigenvalue weighted by molar-refractivity contribution is 0.0526. The molecule has 0 bridgehead atoms. The molecule has 2 rings (SSSR count). The largest absolute Gasteiger partial charge is 0.444 e. The number of carbonyl (C=O) groups is 1. The van der Waals surface area contributed by atoms with E-state index in [1.54, 1.807) is 0 Å². The molecule has 1 heterocycles. The molecule has 0 spiro atoms. The number of rotatable bonds is 3. The number of nitrogen functional groups attached to an aromatic ring is 1. The van der Waals surface area contributed by atoms with Crippen molar-refractivity contribution in [2.24, 2.45) is 0 Å². The fraction of sp³-hybridized carbons (Fsp3) is 0.400. The number of hydrogen-bond donors (Lipinski definition) is 2. The average Bonchev–Trinajstić information content (AvgIpc) is 2.69. The van der Waals surface area contributed by atoms with Crippen molar-refractivity contribution in [3.05, 3.63) is 30.5 Å². The van der Waals surface area contributed by atoms with E-state index in [4.69, 9.17) is 10.5 Å². The molecule has 5 nitrogen and oxygen atoms in total. The van der Waals surface area contributed by atoms with Crippen LogP contribution in [0.1, 0.15) is 20.8 Å². The summed E-state index contributed by atoms with van der Waals surface area (Å²) in [6.07, 6.45) is 1.60. The van der Waals surface area contributed by atoms with Gasteiger partial charge < -0.3 is 20.4 Å². The average molecular weight is 275 g/mol. The van der Waals surface area contributed by atoms with E-state index in [0.29, 0.717) is 13.1 Å². The van der Waals surface area contributed by atoms with Gasteiger partial charge in [-0.2, -0.15) is 0 Å². The Balaban J connectivity index is 1.92. The standard InChI is InChI=1S/C15H21N3O2/c1-15(2,3)20-14(19)17-7-9-18-8-6-11-10-12(16)4-5-13(11)18/h4-6,8,10H,7,9,16H2,1-3H3,(H,17,19). The molecular formula is C15H21N3O2. The lowest BCUT2D eigenvalue weighted by Gasteiger charge is -2.19. The fourth-order valence-corrected chi connectivity index (χ4v) is 2.01. The van der Waals surface area contributed by atoms with E-state index in [1.165, 1.54) is 0 Å². The molecule has 0 fully saturated rings. The van der Waals surface area contributed by atoms with Crippen LogP contribution in [-0.4, -0.2) is 22.8 Å². The van der Waals surface area contributed by atoms with Gasteiger partial charge in [-0.1, -0.05) is 0 Å². The smallest absolute Gasteiger partial charge is 0.407 e. The summed E-state index contributed by atoms with van der Waals surface area (Å²) in [6.45, 7) is 6.74.